The van der Waals surface area contributed by atoms with E-state index in [1.54, 1.807) is 6.33 Å². The lowest BCUT2D eigenvalue weighted by Gasteiger charge is -2.49. The van der Waals surface area contributed by atoms with Crippen molar-refractivity contribution in [3.63, 3.8) is 0 Å². The Balaban J connectivity index is 1.20. The van der Waals surface area contributed by atoms with Crippen LogP contribution in [0, 0.1) is 11.3 Å². The number of H-pyrrole nitrogens is 1. The highest BCUT2D eigenvalue weighted by molar-refractivity contribution is 6.30. The van der Waals surface area contributed by atoms with Crippen LogP contribution in [0.4, 0.5) is 5.69 Å². The Morgan fingerprint density at radius 2 is 1.78 bits per heavy atom. The molecule has 0 unspecified atom stereocenters. The number of hydrogen-bond acceptors (Lipinski definition) is 7. The maximum absolute atomic E-state index is 15.0. The topological polar surface area (TPSA) is 122 Å². The molecule has 2 saturated carbocycles. The number of amides is 1. The van der Waals surface area contributed by atoms with Crippen molar-refractivity contribution in [3.8, 4) is 0 Å². The minimum Gasteiger partial charge on any atom is -0.356 e. The summed E-state index contributed by atoms with van der Waals surface area (Å²) < 4.78 is 2.02. The van der Waals surface area contributed by atoms with Gasteiger partial charge in [-0.25, -0.2) is 4.98 Å². The van der Waals surface area contributed by atoms with E-state index in [1.807, 2.05) is 29.2 Å². The van der Waals surface area contributed by atoms with Gasteiger partial charge >= 0.3 is 0 Å². The standard InChI is InChI=1S/C35H46ClN9O/c36-27-8-6-25(7-9-27)20-33(45(29-12-10-28(37)11-13-29)30-14-15-31-32(21-30)41-42-40-31)34(46)43-18-16-35(17-19-43,22-44-24-38-23-39-44)26-4-2-1-3-5-26/h6-9,14-15,21,23-24,26,28-29,33H,1-5,10-13,16-20,22,37H2,(H,40,41,42)/t28?,29?,33-/m1/s1. The molecular weight excluding hydrogens is 598 g/mol. The number of piperidine rings is 1. The second-order valence-electron chi connectivity index (χ2n) is 14.0. The van der Waals surface area contributed by atoms with Gasteiger partial charge in [0.25, 0.3) is 0 Å². The lowest BCUT2D eigenvalue weighted by Crippen LogP contribution is -2.57. The summed E-state index contributed by atoms with van der Waals surface area (Å²) in [5.74, 6) is 0.854. The van der Waals surface area contributed by atoms with Gasteiger partial charge in [-0.05, 0) is 98.6 Å². The van der Waals surface area contributed by atoms with Gasteiger partial charge < -0.3 is 15.5 Å². The third-order valence-corrected chi connectivity index (χ3v) is 11.4. The Kier molecular flexibility index (Phi) is 9.26. The molecule has 1 amide bonds. The molecule has 2 aromatic heterocycles. The zero-order valence-electron chi connectivity index (χ0n) is 26.6. The molecule has 7 rings (SSSR count). The molecule has 3 aliphatic rings. The zero-order chi connectivity index (χ0) is 31.5. The molecule has 1 aliphatic heterocycles. The molecule has 2 aromatic carbocycles. The van der Waals surface area contributed by atoms with Gasteiger partial charge in [-0.2, -0.15) is 5.10 Å². The van der Waals surface area contributed by atoms with E-state index >= 15 is 0 Å². The summed E-state index contributed by atoms with van der Waals surface area (Å²) >= 11 is 6.29. The van der Waals surface area contributed by atoms with Crippen LogP contribution in [0.3, 0.4) is 0 Å². The Morgan fingerprint density at radius 3 is 2.50 bits per heavy atom. The van der Waals surface area contributed by atoms with Crippen LogP contribution in [0.5, 0.6) is 0 Å². The molecule has 46 heavy (non-hydrogen) atoms. The number of rotatable bonds is 9. The van der Waals surface area contributed by atoms with Crippen LogP contribution in [0.1, 0.15) is 76.2 Å². The highest BCUT2D eigenvalue weighted by Crippen LogP contribution is 2.47. The number of benzene rings is 2. The van der Waals surface area contributed by atoms with Gasteiger partial charge in [0.1, 0.15) is 24.2 Å². The van der Waals surface area contributed by atoms with Crippen molar-refractivity contribution in [2.24, 2.45) is 17.1 Å². The smallest absolute Gasteiger partial charge is 0.245 e. The number of aromatic nitrogens is 6. The molecule has 0 spiro atoms. The molecule has 3 fully saturated rings. The largest absolute Gasteiger partial charge is 0.356 e. The summed E-state index contributed by atoms with van der Waals surface area (Å²) in [5.41, 5.74) is 10.3. The summed E-state index contributed by atoms with van der Waals surface area (Å²) in [5, 5.41) is 16.5. The maximum Gasteiger partial charge on any atom is 0.245 e. The Hall–Kier alpha value is -3.50. The summed E-state index contributed by atoms with van der Waals surface area (Å²) in [4.78, 5) is 23.8. The minimum absolute atomic E-state index is 0.133. The van der Waals surface area contributed by atoms with Gasteiger partial charge in [0.15, 0.2) is 0 Å². The van der Waals surface area contributed by atoms with E-state index in [2.05, 4.69) is 59.6 Å². The van der Waals surface area contributed by atoms with Crippen molar-refractivity contribution in [2.75, 3.05) is 18.0 Å². The SMILES string of the molecule is NC1CCC(N(c2ccc3[nH]nnc3c2)[C@H](Cc2ccc(Cl)cc2)C(=O)N2CCC(Cn3cncn3)(C3CCCCC3)CC2)CC1. The monoisotopic (exact) mass is 643 g/mol. The van der Waals surface area contributed by atoms with E-state index in [-0.39, 0.29) is 29.4 Å². The van der Waals surface area contributed by atoms with Crippen LogP contribution >= 0.6 is 11.6 Å². The normalized spacial score (nSPS) is 23.0. The summed E-state index contributed by atoms with van der Waals surface area (Å²) in [6.45, 7) is 2.39. The number of likely N-dealkylation sites (tertiary alicyclic amines) is 1. The third kappa shape index (κ3) is 6.65. The van der Waals surface area contributed by atoms with E-state index in [1.165, 1.54) is 32.1 Å². The molecular formula is C35H46ClN9O. The lowest BCUT2D eigenvalue weighted by molar-refractivity contribution is -0.136. The fourth-order valence-electron chi connectivity index (χ4n) is 8.59. The van der Waals surface area contributed by atoms with Gasteiger partial charge in [-0.1, -0.05) is 48.2 Å². The average molecular weight is 644 g/mol. The van der Waals surface area contributed by atoms with Crippen LogP contribution in [-0.4, -0.2) is 72.2 Å². The zero-order valence-corrected chi connectivity index (χ0v) is 27.4. The average Bonchev–Trinajstić information content (AvgIpc) is 3.79. The van der Waals surface area contributed by atoms with Crippen LogP contribution < -0.4 is 10.6 Å². The van der Waals surface area contributed by atoms with Gasteiger partial charge in [-0.15, -0.1) is 5.10 Å². The van der Waals surface area contributed by atoms with E-state index in [0.29, 0.717) is 17.4 Å². The third-order valence-electron chi connectivity index (χ3n) is 11.2. The number of fused-ring (bicyclic) bond motifs is 1. The number of carbonyl (C=O) groups excluding carboxylic acids is 1. The van der Waals surface area contributed by atoms with Gasteiger partial charge in [0.2, 0.25) is 5.91 Å². The molecule has 244 valence electrons. The van der Waals surface area contributed by atoms with Crippen molar-refractivity contribution >= 4 is 34.2 Å². The van der Waals surface area contributed by atoms with Gasteiger partial charge in [-0.3, -0.25) is 14.6 Å². The number of hydrogen-bond donors (Lipinski definition) is 2. The maximum atomic E-state index is 15.0. The van der Waals surface area contributed by atoms with E-state index < -0.39 is 0 Å². The quantitative estimate of drug-likeness (QED) is 0.237. The molecule has 0 bridgehead atoms. The molecule has 4 aromatic rings. The van der Waals surface area contributed by atoms with Gasteiger partial charge in [0.05, 0.1) is 5.52 Å². The highest BCUT2D eigenvalue weighted by atomic mass is 35.5. The first-order chi connectivity index (χ1) is 22.5. The second-order valence-corrected chi connectivity index (χ2v) is 14.4. The number of nitrogens with zero attached hydrogens (tertiary/aromatic N) is 7. The number of nitrogens with two attached hydrogens (primary N) is 1. The van der Waals surface area contributed by atoms with Gasteiger partial charge in [0, 0.05) is 48.8 Å². The number of carbonyl (C=O) groups is 1. The predicted molar refractivity (Wildman–Crippen MR) is 180 cm³/mol. The first-order valence-corrected chi connectivity index (χ1v) is 17.6. The Labute approximate surface area is 276 Å². The molecule has 3 heterocycles. The number of halogens is 1. The van der Waals surface area contributed by atoms with Crippen LogP contribution in [-0.2, 0) is 17.8 Å². The first-order valence-electron chi connectivity index (χ1n) is 17.2. The van der Waals surface area contributed by atoms with Crippen LogP contribution in [0.25, 0.3) is 11.0 Å². The lowest BCUT2D eigenvalue weighted by atomic mass is 9.63. The van der Waals surface area contributed by atoms with Crippen molar-refractivity contribution in [1.82, 2.24) is 35.1 Å². The predicted octanol–water partition coefficient (Wildman–Crippen LogP) is 5.78. The molecule has 3 N–H and O–H groups in total. The number of nitrogens with one attached hydrogen (secondary N) is 1. The number of anilines is 1. The fourth-order valence-corrected chi connectivity index (χ4v) is 8.72. The molecule has 1 saturated heterocycles. The molecule has 2 aliphatic carbocycles. The highest BCUT2D eigenvalue weighted by Gasteiger charge is 2.45. The van der Waals surface area contributed by atoms with E-state index in [4.69, 9.17) is 17.3 Å². The first kappa shape index (κ1) is 31.1. The Bertz CT molecular complexity index is 1570. The van der Waals surface area contributed by atoms with Crippen molar-refractivity contribution in [2.45, 2.75) is 102 Å². The van der Waals surface area contributed by atoms with Crippen molar-refractivity contribution in [3.05, 3.63) is 65.7 Å². The molecule has 1 atom stereocenters. The number of aromatic amines is 1. The van der Waals surface area contributed by atoms with Crippen molar-refractivity contribution < 1.29 is 4.79 Å². The second kappa shape index (κ2) is 13.7. The van der Waals surface area contributed by atoms with Crippen LogP contribution in [0.15, 0.2) is 55.1 Å². The molecule has 0 radical (unpaired) electrons. The van der Waals surface area contributed by atoms with E-state index in [0.717, 1.165) is 80.4 Å². The summed E-state index contributed by atoms with van der Waals surface area (Å²) in [7, 11) is 0. The fraction of sp³-hybridized carbons (Fsp3) is 0.571. The van der Waals surface area contributed by atoms with E-state index in [9.17, 15) is 4.79 Å². The van der Waals surface area contributed by atoms with Crippen LogP contribution in [0.2, 0.25) is 5.02 Å². The minimum atomic E-state index is -0.373. The summed E-state index contributed by atoms with van der Waals surface area (Å²) in [6, 6.07) is 14.2. The Morgan fingerprint density at radius 1 is 1.02 bits per heavy atom. The molecule has 10 nitrogen and oxygen atoms in total. The molecule has 11 heteroatoms. The van der Waals surface area contributed by atoms with Crippen molar-refractivity contribution in [1.29, 1.82) is 0 Å². The summed E-state index contributed by atoms with van der Waals surface area (Å²) in [6.07, 6.45) is 16.3.